The first-order chi connectivity index (χ1) is 14.0. The van der Waals surface area contributed by atoms with E-state index in [1.54, 1.807) is 6.07 Å². The predicted molar refractivity (Wildman–Crippen MR) is 115 cm³/mol. The number of nitrogens with zero attached hydrogens (tertiary/aromatic N) is 2. The molecule has 0 radical (unpaired) electrons. The van der Waals surface area contributed by atoms with Crippen LogP contribution in [0.1, 0.15) is 19.0 Å². The maximum atomic E-state index is 12.3. The van der Waals surface area contributed by atoms with Crippen LogP contribution in [0, 0.1) is 6.92 Å². The van der Waals surface area contributed by atoms with Crippen molar-refractivity contribution in [3.05, 3.63) is 54.2 Å². The molecule has 0 atom stereocenters. The molecule has 0 spiro atoms. The van der Waals surface area contributed by atoms with E-state index in [1.165, 1.54) is 6.92 Å². The van der Waals surface area contributed by atoms with E-state index >= 15 is 0 Å². The van der Waals surface area contributed by atoms with Gasteiger partial charge in [0.2, 0.25) is 11.9 Å². The summed E-state index contributed by atoms with van der Waals surface area (Å²) in [6.45, 7) is 4.55. The van der Waals surface area contributed by atoms with Crippen molar-refractivity contribution in [3.63, 3.8) is 0 Å². The van der Waals surface area contributed by atoms with Crippen LogP contribution in [0.3, 0.4) is 0 Å². The third-order valence-electron chi connectivity index (χ3n) is 4.12. The number of amides is 3. The van der Waals surface area contributed by atoms with Gasteiger partial charge in [-0.3, -0.25) is 10.1 Å². The zero-order valence-corrected chi connectivity index (χ0v) is 16.5. The van der Waals surface area contributed by atoms with Crippen LogP contribution in [0.5, 0.6) is 0 Å². The summed E-state index contributed by atoms with van der Waals surface area (Å²) >= 11 is 0. The predicted octanol–water partition coefficient (Wildman–Crippen LogP) is 3.52. The molecule has 4 N–H and O–H groups in total. The van der Waals surface area contributed by atoms with Gasteiger partial charge in [-0.25, -0.2) is 9.78 Å². The number of aromatic nitrogens is 2. The summed E-state index contributed by atoms with van der Waals surface area (Å²) in [7, 11) is 0. The first kappa shape index (κ1) is 20.1. The first-order valence-electron chi connectivity index (χ1n) is 9.40. The molecule has 0 saturated heterocycles. The average molecular weight is 392 g/mol. The Morgan fingerprint density at radius 3 is 2.52 bits per heavy atom. The zero-order valence-electron chi connectivity index (χ0n) is 16.5. The highest BCUT2D eigenvalue weighted by Gasteiger charge is 2.08. The summed E-state index contributed by atoms with van der Waals surface area (Å²) in [5.41, 5.74) is 1.41. The third-order valence-corrected chi connectivity index (χ3v) is 4.12. The molecule has 1 heterocycles. The maximum Gasteiger partial charge on any atom is 0.326 e. The quantitative estimate of drug-likeness (QED) is 0.460. The molecule has 0 aliphatic rings. The summed E-state index contributed by atoms with van der Waals surface area (Å²) in [6, 6.07) is 15.0. The molecule has 0 unspecified atom stereocenters. The highest BCUT2D eigenvalue weighted by atomic mass is 16.2. The highest BCUT2D eigenvalue weighted by molar-refractivity contribution is 6.00. The average Bonchev–Trinajstić information content (AvgIpc) is 2.67. The summed E-state index contributed by atoms with van der Waals surface area (Å²) in [4.78, 5) is 31.8. The number of carbonyl (C=O) groups excluding carboxylic acids is 2. The number of hydrogen-bond acceptors (Lipinski definition) is 5. The van der Waals surface area contributed by atoms with Crippen molar-refractivity contribution < 1.29 is 9.59 Å². The number of anilines is 3. The highest BCUT2D eigenvalue weighted by Crippen LogP contribution is 2.19. The third kappa shape index (κ3) is 6.17. The Kier molecular flexibility index (Phi) is 6.57. The van der Waals surface area contributed by atoms with E-state index in [0.717, 1.165) is 22.9 Å². The largest absolute Gasteiger partial charge is 0.370 e. The van der Waals surface area contributed by atoms with E-state index in [4.69, 9.17) is 0 Å². The van der Waals surface area contributed by atoms with Crippen LogP contribution in [0.15, 0.2) is 48.5 Å². The van der Waals surface area contributed by atoms with Gasteiger partial charge >= 0.3 is 6.03 Å². The molecule has 150 valence electrons. The number of hydrogen-bond donors (Lipinski definition) is 4. The molecule has 0 fully saturated rings. The van der Waals surface area contributed by atoms with Crippen molar-refractivity contribution in [2.24, 2.45) is 0 Å². The maximum absolute atomic E-state index is 12.3. The SMILES string of the molecule is CC(=O)NCCCNc1cc(C)nc(NC(=O)Nc2ccc3ccccc3c2)n1. The fourth-order valence-corrected chi connectivity index (χ4v) is 2.82. The second-order valence-electron chi connectivity index (χ2n) is 6.62. The van der Waals surface area contributed by atoms with E-state index in [2.05, 4.69) is 31.2 Å². The number of rotatable bonds is 7. The van der Waals surface area contributed by atoms with Gasteiger partial charge < -0.3 is 16.0 Å². The molecular weight excluding hydrogens is 368 g/mol. The van der Waals surface area contributed by atoms with Gasteiger partial charge in [0.15, 0.2) is 0 Å². The molecule has 2 aromatic carbocycles. The Morgan fingerprint density at radius 2 is 1.72 bits per heavy atom. The lowest BCUT2D eigenvalue weighted by Crippen LogP contribution is -2.23. The van der Waals surface area contributed by atoms with Gasteiger partial charge in [0.25, 0.3) is 0 Å². The standard InChI is InChI=1S/C21H24N6O2/c1-14-12-19(23-11-5-10-22-15(2)28)26-20(24-14)27-21(29)25-18-9-8-16-6-3-4-7-17(16)13-18/h3-4,6-9,12-13H,5,10-11H2,1-2H3,(H,22,28)(H3,23,24,25,26,27,29). The van der Waals surface area contributed by atoms with E-state index < -0.39 is 6.03 Å². The van der Waals surface area contributed by atoms with Gasteiger partial charge in [-0.2, -0.15) is 4.98 Å². The molecule has 0 aliphatic heterocycles. The number of carbonyl (C=O) groups is 2. The molecule has 8 nitrogen and oxygen atoms in total. The topological polar surface area (TPSA) is 108 Å². The minimum atomic E-state index is -0.414. The summed E-state index contributed by atoms with van der Waals surface area (Å²) in [6.07, 6.45) is 0.758. The van der Waals surface area contributed by atoms with Crippen LogP contribution in [-0.4, -0.2) is 35.0 Å². The van der Waals surface area contributed by atoms with Crippen LogP contribution in [0.25, 0.3) is 10.8 Å². The first-order valence-corrected chi connectivity index (χ1v) is 9.40. The van der Waals surface area contributed by atoms with Crippen LogP contribution in [0.4, 0.5) is 22.2 Å². The Morgan fingerprint density at radius 1 is 0.931 bits per heavy atom. The van der Waals surface area contributed by atoms with Gasteiger partial charge in [0.1, 0.15) is 5.82 Å². The smallest absolute Gasteiger partial charge is 0.326 e. The molecule has 8 heteroatoms. The summed E-state index contributed by atoms with van der Waals surface area (Å²) in [5, 5.41) is 13.5. The number of urea groups is 1. The fourth-order valence-electron chi connectivity index (χ4n) is 2.82. The Balaban J connectivity index is 1.57. The monoisotopic (exact) mass is 392 g/mol. The van der Waals surface area contributed by atoms with E-state index in [-0.39, 0.29) is 11.9 Å². The van der Waals surface area contributed by atoms with Crippen molar-refractivity contribution >= 4 is 40.2 Å². The second-order valence-corrected chi connectivity index (χ2v) is 6.62. The van der Waals surface area contributed by atoms with Crippen LogP contribution < -0.4 is 21.3 Å². The minimum absolute atomic E-state index is 0.0493. The number of benzene rings is 2. The van der Waals surface area contributed by atoms with Gasteiger partial charge in [0.05, 0.1) is 0 Å². The molecular formula is C21H24N6O2. The van der Waals surface area contributed by atoms with Crippen molar-refractivity contribution in [2.75, 3.05) is 29.0 Å². The van der Waals surface area contributed by atoms with Crippen molar-refractivity contribution in [2.45, 2.75) is 20.3 Å². The van der Waals surface area contributed by atoms with Crippen molar-refractivity contribution in [3.8, 4) is 0 Å². The van der Waals surface area contributed by atoms with Gasteiger partial charge in [-0.1, -0.05) is 30.3 Å². The van der Waals surface area contributed by atoms with E-state index in [9.17, 15) is 9.59 Å². The van der Waals surface area contributed by atoms with Gasteiger partial charge in [-0.05, 0) is 36.2 Å². The summed E-state index contributed by atoms with van der Waals surface area (Å²) in [5.74, 6) is 0.778. The molecule has 3 aromatic rings. The molecule has 3 rings (SSSR count). The van der Waals surface area contributed by atoms with Crippen molar-refractivity contribution in [1.29, 1.82) is 0 Å². The van der Waals surface area contributed by atoms with Crippen LogP contribution >= 0.6 is 0 Å². The van der Waals surface area contributed by atoms with E-state index in [1.807, 2.05) is 49.4 Å². The minimum Gasteiger partial charge on any atom is -0.370 e. The Labute approximate surface area is 169 Å². The van der Waals surface area contributed by atoms with Crippen LogP contribution in [-0.2, 0) is 4.79 Å². The van der Waals surface area contributed by atoms with Crippen LogP contribution in [0.2, 0.25) is 0 Å². The fraction of sp³-hybridized carbons (Fsp3) is 0.238. The zero-order chi connectivity index (χ0) is 20.6. The normalized spacial score (nSPS) is 10.4. The summed E-state index contributed by atoms with van der Waals surface area (Å²) < 4.78 is 0. The molecule has 1 aromatic heterocycles. The molecule has 0 saturated carbocycles. The molecule has 3 amide bonds. The van der Waals surface area contributed by atoms with Crippen molar-refractivity contribution in [1.82, 2.24) is 15.3 Å². The lowest BCUT2D eigenvalue weighted by molar-refractivity contribution is -0.118. The lowest BCUT2D eigenvalue weighted by Gasteiger charge is -2.10. The van der Waals surface area contributed by atoms with E-state index in [0.29, 0.717) is 24.6 Å². The number of aryl methyl sites for hydroxylation is 1. The molecule has 29 heavy (non-hydrogen) atoms. The number of fused-ring (bicyclic) bond motifs is 1. The van der Waals surface area contributed by atoms with Gasteiger partial charge in [0, 0.05) is 37.5 Å². The Bertz CT molecular complexity index is 1020. The second kappa shape index (κ2) is 9.50. The van der Waals surface area contributed by atoms with Gasteiger partial charge in [-0.15, -0.1) is 0 Å². The lowest BCUT2D eigenvalue weighted by atomic mass is 10.1. The number of nitrogens with one attached hydrogen (secondary N) is 4. The Hall–Kier alpha value is -3.68. The molecule has 0 bridgehead atoms. The molecule has 0 aliphatic carbocycles.